The normalized spacial score (nSPS) is 17.4. The molecule has 1 aliphatic rings. The van der Waals surface area contributed by atoms with Crippen molar-refractivity contribution < 1.29 is 13.7 Å². The van der Waals surface area contributed by atoms with E-state index in [-0.39, 0.29) is 28.9 Å². The maximum atomic E-state index is 14.6. The molecular formula is C19H18FN5O3. The van der Waals surface area contributed by atoms with E-state index >= 15 is 0 Å². The molecule has 1 aromatic carbocycles. The zero-order valence-corrected chi connectivity index (χ0v) is 15.4. The van der Waals surface area contributed by atoms with Gasteiger partial charge in [0.05, 0.1) is 18.0 Å². The lowest BCUT2D eigenvalue weighted by atomic mass is 10.1. The summed E-state index contributed by atoms with van der Waals surface area (Å²) in [5, 5.41) is 4.03. The Hall–Kier alpha value is -3.07. The monoisotopic (exact) mass is 383 g/mol. The van der Waals surface area contributed by atoms with Gasteiger partial charge in [0, 0.05) is 12.6 Å². The highest BCUT2D eigenvalue weighted by molar-refractivity contribution is 5.84. The Kier molecular flexibility index (Phi) is 3.80. The second kappa shape index (κ2) is 6.23. The zero-order chi connectivity index (χ0) is 19.4. The van der Waals surface area contributed by atoms with Crippen LogP contribution in [-0.2, 0) is 4.74 Å². The van der Waals surface area contributed by atoms with Crippen molar-refractivity contribution in [1.29, 1.82) is 0 Å². The third-order valence-electron chi connectivity index (χ3n) is 5.10. The van der Waals surface area contributed by atoms with Gasteiger partial charge in [-0.3, -0.25) is 13.8 Å². The molecule has 5 rings (SSSR count). The average Bonchev–Trinajstić information content (AvgIpc) is 3.41. The lowest BCUT2D eigenvalue weighted by Gasteiger charge is -2.16. The molecule has 1 fully saturated rings. The largest absolute Gasteiger partial charge is 0.381 e. The Balaban J connectivity index is 1.78. The third kappa shape index (κ3) is 2.39. The third-order valence-corrected chi connectivity index (χ3v) is 5.10. The van der Waals surface area contributed by atoms with E-state index in [0.717, 1.165) is 6.42 Å². The molecule has 28 heavy (non-hydrogen) atoms. The summed E-state index contributed by atoms with van der Waals surface area (Å²) in [4.78, 5) is 22.1. The number of hydrogen-bond acceptors (Lipinski definition) is 6. The number of imidazole rings is 1. The predicted molar refractivity (Wildman–Crippen MR) is 98.8 cm³/mol. The van der Waals surface area contributed by atoms with Crippen molar-refractivity contribution in [3.05, 3.63) is 46.6 Å². The highest BCUT2D eigenvalue weighted by atomic mass is 19.1. The van der Waals surface area contributed by atoms with Crippen LogP contribution in [0.4, 0.5) is 4.39 Å². The average molecular weight is 383 g/mol. The van der Waals surface area contributed by atoms with E-state index in [4.69, 9.17) is 9.26 Å². The number of fused-ring (bicyclic) bond motifs is 3. The lowest BCUT2D eigenvalue weighted by molar-refractivity contribution is 0.189. The van der Waals surface area contributed by atoms with Crippen LogP contribution in [0, 0.1) is 5.82 Å². The Morgan fingerprint density at radius 2 is 2.14 bits per heavy atom. The molecule has 9 heteroatoms. The number of para-hydroxylation sites is 1. The SMILES string of the molecule is CC(C)n1c(=O)c2c(-c3noc(C4CCOC4)n3)ncn2c2cccc(F)c21. The van der Waals surface area contributed by atoms with Crippen molar-refractivity contribution in [3.8, 4) is 11.5 Å². The number of hydrogen-bond donors (Lipinski definition) is 0. The van der Waals surface area contributed by atoms with Crippen LogP contribution in [0.25, 0.3) is 28.1 Å². The Morgan fingerprint density at radius 3 is 2.89 bits per heavy atom. The van der Waals surface area contributed by atoms with Crippen LogP contribution < -0.4 is 5.56 Å². The maximum absolute atomic E-state index is 14.6. The first kappa shape index (κ1) is 17.1. The van der Waals surface area contributed by atoms with Gasteiger partial charge in [-0.2, -0.15) is 4.98 Å². The van der Waals surface area contributed by atoms with Gasteiger partial charge in [0.15, 0.2) is 0 Å². The highest BCUT2D eigenvalue weighted by Gasteiger charge is 2.27. The number of benzene rings is 1. The van der Waals surface area contributed by atoms with Crippen LogP contribution in [0.5, 0.6) is 0 Å². The van der Waals surface area contributed by atoms with Gasteiger partial charge in [-0.15, -0.1) is 0 Å². The fourth-order valence-electron chi connectivity index (χ4n) is 3.77. The minimum absolute atomic E-state index is 0.0531. The summed E-state index contributed by atoms with van der Waals surface area (Å²) < 4.78 is 28.4. The molecule has 0 amide bonds. The molecule has 0 bridgehead atoms. The maximum Gasteiger partial charge on any atom is 0.278 e. The second-order valence-corrected chi connectivity index (χ2v) is 7.20. The van der Waals surface area contributed by atoms with Crippen molar-refractivity contribution in [2.24, 2.45) is 0 Å². The number of nitrogens with zero attached hydrogens (tertiary/aromatic N) is 5. The molecule has 0 saturated carbocycles. The summed E-state index contributed by atoms with van der Waals surface area (Å²) in [5.74, 6) is 0.318. The molecule has 3 aromatic heterocycles. The Bertz CT molecular complexity index is 1250. The molecule has 1 aliphatic heterocycles. The molecule has 0 N–H and O–H groups in total. The van der Waals surface area contributed by atoms with E-state index in [0.29, 0.717) is 35.8 Å². The molecule has 1 unspecified atom stereocenters. The Labute approximate surface area is 158 Å². The van der Waals surface area contributed by atoms with Crippen molar-refractivity contribution in [2.75, 3.05) is 13.2 Å². The van der Waals surface area contributed by atoms with E-state index in [1.165, 1.54) is 17.0 Å². The highest BCUT2D eigenvalue weighted by Crippen LogP contribution is 2.28. The molecule has 144 valence electrons. The van der Waals surface area contributed by atoms with E-state index in [9.17, 15) is 9.18 Å². The van der Waals surface area contributed by atoms with Crippen LogP contribution in [0.3, 0.4) is 0 Å². The summed E-state index contributed by atoms with van der Waals surface area (Å²) in [6, 6.07) is 4.47. The minimum Gasteiger partial charge on any atom is -0.381 e. The number of ether oxygens (including phenoxy) is 1. The van der Waals surface area contributed by atoms with Crippen molar-refractivity contribution in [1.82, 2.24) is 24.1 Å². The smallest absolute Gasteiger partial charge is 0.278 e. The molecule has 8 nitrogen and oxygen atoms in total. The molecule has 0 spiro atoms. The molecule has 1 atom stereocenters. The zero-order valence-electron chi connectivity index (χ0n) is 15.4. The van der Waals surface area contributed by atoms with Gasteiger partial charge < -0.3 is 9.26 Å². The summed E-state index contributed by atoms with van der Waals surface area (Å²) in [6.45, 7) is 4.88. The summed E-state index contributed by atoms with van der Waals surface area (Å²) >= 11 is 0. The number of aromatic nitrogens is 5. The topological polar surface area (TPSA) is 87.5 Å². The predicted octanol–water partition coefficient (Wildman–Crippen LogP) is 2.92. The second-order valence-electron chi connectivity index (χ2n) is 7.20. The van der Waals surface area contributed by atoms with Crippen molar-refractivity contribution >= 4 is 16.6 Å². The fourth-order valence-corrected chi connectivity index (χ4v) is 3.77. The standard InChI is InChI=1S/C19H18FN5O3/c1-10(2)25-15-12(20)4-3-5-13(15)24-9-21-14(16(24)19(25)26)17-22-18(28-23-17)11-6-7-27-8-11/h3-5,9-11H,6-8H2,1-2H3. The van der Waals surface area contributed by atoms with Gasteiger partial charge in [0.2, 0.25) is 11.7 Å². The first-order chi connectivity index (χ1) is 13.6. The van der Waals surface area contributed by atoms with Gasteiger partial charge in [-0.25, -0.2) is 9.37 Å². The summed E-state index contributed by atoms with van der Waals surface area (Å²) in [7, 11) is 0. The Morgan fingerprint density at radius 1 is 1.29 bits per heavy atom. The van der Waals surface area contributed by atoms with Crippen LogP contribution in [-0.4, -0.2) is 37.3 Å². The molecule has 4 aromatic rings. The summed E-state index contributed by atoms with van der Waals surface area (Å²) in [5.41, 5.74) is 1.06. The van der Waals surface area contributed by atoms with Crippen molar-refractivity contribution in [2.45, 2.75) is 32.2 Å². The van der Waals surface area contributed by atoms with Gasteiger partial charge in [0.1, 0.15) is 28.9 Å². The molecule has 0 radical (unpaired) electrons. The fraction of sp³-hybridized carbons (Fsp3) is 0.368. The quantitative estimate of drug-likeness (QED) is 0.541. The van der Waals surface area contributed by atoms with Crippen LogP contribution in [0.15, 0.2) is 33.8 Å². The van der Waals surface area contributed by atoms with E-state index in [1.54, 1.807) is 16.5 Å². The number of halogens is 1. The first-order valence-electron chi connectivity index (χ1n) is 9.17. The molecule has 4 heterocycles. The lowest BCUT2D eigenvalue weighted by Crippen LogP contribution is -2.25. The van der Waals surface area contributed by atoms with E-state index < -0.39 is 5.82 Å². The van der Waals surface area contributed by atoms with E-state index in [2.05, 4.69) is 15.1 Å². The van der Waals surface area contributed by atoms with Gasteiger partial charge in [-0.1, -0.05) is 11.2 Å². The van der Waals surface area contributed by atoms with Gasteiger partial charge >= 0.3 is 0 Å². The van der Waals surface area contributed by atoms with Crippen LogP contribution in [0.2, 0.25) is 0 Å². The van der Waals surface area contributed by atoms with Crippen LogP contribution in [0.1, 0.15) is 38.1 Å². The first-order valence-corrected chi connectivity index (χ1v) is 9.17. The van der Waals surface area contributed by atoms with Gasteiger partial charge in [0.25, 0.3) is 5.56 Å². The molecular weight excluding hydrogens is 365 g/mol. The minimum atomic E-state index is -0.455. The van der Waals surface area contributed by atoms with Crippen LogP contribution >= 0.6 is 0 Å². The van der Waals surface area contributed by atoms with Gasteiger partial charge in [-0.05, 0) is 32.4 Å². The molecule has 0 aliphatic carbocycles. The number of rotatable bonds is 3. The van der Waals surface area contributed by atoms with E-state index in [1.807, 2.05) is 13.8 Å². The molecule has 1 saturated heterocycles. The summed E-state index contributed by atoms with van der Waals surface area (Å²) in [6.07, 6.45) is 2.31. The van der Waals surface area contributed by atoms with Crippen molar-refractivity contribution in [3.63, 3.8) is 0 Å².